The number of nitrogens with zero attached hydrogens (tertiary/aromatic N) is 3. The highest BCUT2D eigenvalue weighted by atomic mass is 16.5. The Bertz CT molecular complexity index is 786. The van der Waals surface area contributed by atoms with Crippen molar-refractivity contribution in [2.45, 2.75) is 0 Å². The predicted octanol–water partition coefficient (Wildman–Crippen LogP) is 3.07. The Morgan fingerprint density at radius 3 is 2.71 bits per heavy atom. The monoisotopic (exact) mass is 280 g/mol. The molecule has 5 heteroatoms. The first-order valence-corrected chi connectivity index (χ1v) is 6.60. The molecule has 2 aromatic carbocycles. The van der Waals surface area contributed by atoms with Crippen LogP contribution in [0.5, 0.6) is 11.8 Å². The molecule has 0 unspecified atom stereocenters. The van der Waals surface area contributed by atoms with E-state index in [-0.39, 0.29) is 6.01 Å². The predicted molar refractivity (Wildman–Crippen MR) is 84.8 cm³/mol. The molecule has 0 fully saturated rings. The minimum absolute atomic E-state index is 0.288. The molecule has 5 nitrogen and oxygen atoms in total. The van der Waals surface area contributed by atoms with Gasteiger partial charge in [-0.2, -0.15) is 4.98 Å². The normalized spacial score (nSPS) is 10.6. The van der Waals surface area contributed by atoms with Crippen molar-refractivity contribution in [3.05, 3.63) is 48.7 Å². The average Bonchev–Trinajstić information content (AvgIpc) is 2.49. The number of hydrogen-bond acceptors (Lipinski definition) is 5. The standard InChI is InChI=1S/C16H16N4O/c1-20(2)12-7-8-13(17)15(9-12)21-16-18-10-11-5-3-4-6-14(11)19-16/h3-10H,17H2,1-2H3. The van der Waals surface area contributed by atoms with E-state index in [4.69, 9.17) is 10.5 Å². The molecule has 0 aliphatic rings. The lowest BCUT2D eigenvalue weighted by Gasteiger charge is -2.15. The SMILES string of the molecule is CN(C)c1ccc(N)c(Oc2ncc3ccccc3n2)c1. The molecule has 0 atom stereocenters. The maximum Gasteiger partial charge on any atom is 0.322 e. The lowest BCUT2D eigenvalue weighted by Crippen LogP contribution is -2.09. The largest absolute Gasteiger partial charge is 0.422 e. The highest BCUT2D eigenvalue weighted by Gasteiger charge is 2.08. The molecule has 0 bridgehead atoms. The summed E-state index contributed by atoms with van der Waals surface area (Å²) in [5.74, 6) is 0.552. The fourth-order valence-corrected chi connectivity index (χ4v) is 1.99. The highest BCUT2D eigenvalue weighted by Crippen LogP contribution is 2.30. The summed E-state index contributed by atoms with van der Waals surface area (Å²) in [7, 11) is 3.92. The van der Waals surface area contributed by atoms with Gasteiger partial charge in [-0.3, -0.25) is 0 Å². The molecule has 1 heterocycles. The quantitative estimate of drug-likeness (QED) is 0.747. The van der Waals surface area contributed by atoms with Gasteiger partial charge in [-0.25, -0.2) is 4.98 Å². The number of hydrogen-bond donors (Lipinski definition) is 1. The molecule has 0 saturated carbocycles. The van der Waals surface area contributed by atoms with Crippen LogP contribution in [0.3, 0.4) is 0 Å². The fourth-order valence-electron chi connectivity index (χ4n) is 1.99. The average molecular weight is 280 g/mol. The number of ether oxygens (including phenoxy) is 1. The third-order valence-electron chi connectivity index (χ3n) is 3.18. The van der Waals surface area contributed by atoms with Gasteiger partial charge in [0.15, 0.2) is 5.75 Å². The molecule has 2 N–H and O–H groups in total. The second kappa shape index (κ2) is 5.28. The van der Waals surface area contributed by atoms with E-state index in [0.717, 1.165) is 16.6 Å². The molecular weight excluding hydrogens is 264 g/mol. The highest BCUT2D eigenvalue weighted by molar-refractivity contribution is 5.77. The zero-order valence-corrected chi connectivity index (χ0v) is 11.9. The number of aromatic nitrogens is 2. The molecule has 3 rings (SSSR count). The minimum Gasteiger partial charge on any atom is -0.422 e. The zero-order chi connectivity index (χ0) is 14.8. The summed E-state index contributed by atoms with van der Waals surface area (Å²) >= 11 is 0. The lowest BCUT2D eigenvalue weighted by atomic mass is 10.2. The number of nitrogens with two attached hydrogens (primary N) is 1. The van der Waals surface area contributed by atoms with E-state index in [9.17, 15) is 0 Å². The maximum absolute atomic E-state index is 5.95. The Morgan fingerprint density at radius 2 is 1.90 bits per heavy atom. The van der Waals surface area contributed by atoms with Gasteiger partial charge in [0.25, 0.3) is 0 Å². The fraction of sp³-hybridized carbons (Fsp3) is 0.125. The number of fused-ring (bicyclic) bond motifs is 1. The Labute approximate surface area is 123 Å². The molecule has 0 spiro atoms. The van der Waals surface area contributed by atoms with Crippen LogP contribution < -0.4 is 15.4 Å². The number of para-hydroxylation sites is 1. The van der Waals surface area contributed by atoms with Gasteiger partial charge >= 0.3 is 6.01 Å². The minimum atomic E-state index is 0.288. The summed E-state index contributed by atoms with van der Waals surface area (Å²) in [6, 6.07) is 13.7. The second-order valence-corrected chi connectivity index (χ2v) is 4.93. The first-order valence-electron chi connectivity index (χ1n) is 6.60. The summed E-state index contributed by atoms with van der Waals surface area (Å²) in [4.78, 5) is 10.6. The lowest BCUT2D eigenvalue weighted by molar-refractivity contribution is 0.446. The van der Waals surface area contributed by atoms with E-state index in [1.54, 1.807) is 6.20 Å². The molecule has 106 valence electrons. The van der Waals surface area contributed by atoms with Crippen LogP contribution in [0.25, 0.3) is 10.9 Å². The smallest absolute Gasteiger partial charge is 0.322 e. The number of anilines is 2. The third-order valence-corrected chi connectivity index (χ3v) is 3.18. The van der Waals surface area contributed by atoms with E-state index in [1.807, 2.05) is 61.5 Å². The van der Waals surface area contributed by atoms with Gasteiger partial charge in [0.2, 0.25) is 0 Å². The van der Waals surface area contributed by atoms with E-state index < -0.39 is 0 Å². The van der Waals surface area contributed by atoms with Crippen LogP contribution >= 0.6 is 0 Å². The van der Waals surface area contributed by atoms with Crippen molar-refractivity contribution in [3.63, 3.8) is 0 Å². The van der Waals surface area contributed by atoms with Crippen LogP contribution in [-0.4, -0.2) is 24.1 Å². The summed E-state index contributed by atoms with van der Waals surface area (Å²) in [5.41, 5.74) is 8.34. The van der Waals surface area contributed by atoms with Crippen LogP contribution in [-0.2, 0) is 0 Å². The van der Waals surface area contributed by atoms with Crippen molar-refractivity contribution in [2.75, 3.05) is 24.7 Å². The summed E-state index contributed by atoms with van der Waals surface area (Å²) in [5, 5.41) is 0.972. The van der Waals surface area contributed by atoms with Gasteiger partial charge in [0.05, 0.1) is 11.2 Å². The number of benzene rings is 2. The summed E-state index contributed by atoms with van der Waals surface area (Å²) in [6.45, 7) is 0. The topological polar surface area (TPSA) is 64.3 Å². The molecule has 1 aromatic heterocycles. The van der Waals surface area contributed by atoms with Gasteiger partial charge in [0, 0.05) is 37.4 Å². The van der Waals surface area contributed by atoms with Crippen molar-refractivity contribution < 1.29 is 4.74 Å². The van der Waals surface area contributed by atoms with E-state index in [1.165, 1.54) is 0 Å². The number of nitrogen functional groups attached to an aromatic ring is 1. The third kappa shape index (κ3) is 2.72. The second-order valence-electron chi connectivity index (χ2n) is 4.93. The first-order chi connectivity index (χ1) is 10.1. The molecule has 0 aliphatic heterocycles. The van der Waals surface area contributed by atoms with Gasteiger partial charge in [-0.1, -0.05) is 18.2 Å². The molecule has 0 amide bonds. The van der Waals surface area contributed by atoms with Crippen LogP contribution in [0.2, 0.25) is 0 Å². The zero-order valence-electron chi connectivity index (χ0n) is 11.9. The van der Waals surface area contributed by atoms with E-state index >= 15 is 0 Å². The number of rotatable bonds is 3. The Hall–Kier alpha value is -2.82. The van der Waals surface area contributed by atoms with Crippen molar-refractivity contribution in [1.29, 1.82) is 0 Å². The molecule has 0 saturated heterocycles. The summed E-state index contributed by atoms with van der Waals surface area (Å²) < 4.78 is 5.73. The van der Waals surface area contributed by atoms with E-state index in [0.29, 0.717) is 11.4 Å². The van der Waals surface area contributed by atoms with Crippen LogP contribution in [0, 0.1) is 0 Å². The van der Waals surface area contributed by atoms with Gasteiger partial charge < -0.3 is 15.4 Å². The van der Waals surface area contributed by atoms with Crippen molar-refractivity contribution in [3.8, 4) is 11.8 Å². The van der Waals surface area contributed by atoms with Gasteiger partial charge in [-0.15, -0.1) is 0 Å². The Kier molecular flexibility index (Phi) is 3.31. The molecule has 0 radical (unpaired) electrons. The maximum atomic E-state index is 5.95. The van der Waals surface area contributed by atoms with Crippen LogP contribution in [0.1, 0.15) is 0 Å². The molecule has 3 aromatic rings. The van der Waals surface area contributed by atoms with Crippen LogP contribution in [0.15, 0.2) is 48.7 Å². The summed E-state index contributed by atoms with van der Waals surface area (Å²) in [6.07, 6.45) is 1.74. The first kappa shape index (κ1) is 13.2. The Balaban J connectivity index is 1.96. The van der Waals surface area contributed by atoms with Crippen molar-refractivity contribution >= 4 is 22.3 Å². The van der Waals surface area contributed by atoms with Gasteiger partial charge in [-0.05, 0) is 18.2 Å². The van der Waals surface area contributed by atoms with Gasteiger partial charge in [0.1, 0.15) is 0 Å². The molecular formula is C16H16N4O. The van der Waals surface area contributed by atoms with Crippen molar-refractivity contribution in [1.82, 2.24) is 9.97 Å². The van der Waals surface area contributed by atoms with Crippen LogP contribution in [0.4, 0.5) is 11.4 Å². The Morgan fingerprint density at radius 1 is 1.10 bits per heavy atom. The van der Waals surface area contributed by atoms with Crippen molar-refractivity contribution in [2.24, 2.45) is 0 Å². The van der Waals surface area contributed by atoms with E-state index in [2.05, 4.69) is 9.97 Å². The molecule has 21 heavy (non-hydrogen) atoms. The molecule has 0 aliphatic carbocycles.